The fraction of sp³-hybridized carbons (Fsp3) is 0.600. The zero-order valence-corrected chi connectivity index (χ0v) is 10.6. The first-order valence-electron chi connectivity index (χ1n) is 5.75. The van der Waals surface area contributed by atoms with Crippen molar-refractivity contribution < 1.29 is 14.3 Å². The van der Waals surface area contributed by atoms with Crippen molar-refractivity contribution in [2.45, 2.75) is 12.6 Å². The van der Waals surface area contributed by atoms with E-state index < -0.39 is 6.04 Å². The minimum Gasteiger partial charge on any atom is -0.468 e. The number of carbonyl (C=O) groups excluding carboxylic acids is 1. The molecular weight excluding hydrogens is 252 g/mol. The number of nitrogen functional groups attached to an aromatic ring is 2. The van der Waals surface area contributed by atoms with E-state index in [1.165, 1.54) is 7.11 Å². The van der Waals surface area contributed by atoms with E-state index in [4.69, 9.17) is 20.9 Å². The average Bonchev–Trinajstić information content (AvgIpc) is 2.37. The summed E-state index contributed by atoms with van der Waals surface area (Å²) in [7, 11) is 1.34. The number of aromatic nitrogens is 3. The van der Waals surface area contributed by atoms with Gasteiger partial charge in [0, 0.05) is 6.54 Å². The first kappa shape index (κ1) is 13.4. The quantitative estimate of drug-likeness (QED) is 0.623. The van der Waals surface area contributed by atoms with Crippen LogP contribution in [0.2, 0.25) is 0 Å². The summed E-state index contributed by atoms with van der Waals surface area (Å²) >= 11 is 0. The van der Waals surface area contributed by atoms with Crippen LogP contribution in [-0.2, 0) is 20.8 Å². The highest BCUT2D eigenvalue weighted by Crippen LogP contribution is 2.12. The summed E-state index contributed by atoms with van der Waals surface area (Å²) in [6.45, 7) is 1.72. The largest absolute Gasteiger partial charge is 0.468 e. The molecule has 4 N–H and O–H groups in total. The second-order valence-corrected chi connectivity index (χ2v) is 4.05. The Balaban J connectivity index is 2.12. The Bertz CT molecular complexity index is 448. The number of ether oxygens (including phenoxy) is 2. The van der Waals surface area contributed by atoms with Gasteiger partial charge in [0.2, 0.25) is 11.9 Å². The Morgan fingerprint density at radius 2 is 2.11 bits per heavy atom. The number of anilines is 2. The molecule has 1 fully saturated rings. The molecule has 1 aliphatic heterocycles. The molecule has 1 aromatic rings. The van der Waals surface area contributed by atoms with E-state index in [1.54, 1.807) is 0 Å². The summed E-state index contributed by atoms with van der Waals surface area (Å²) in [6.07, 6.45) is 0. The third-order valence-electron chi connectivity index (χ3n) is 2.77. The third-order valence-corrected chi connectivity index (χ3v) is 2.77. The predicted octanol–water partition coefficient (Wildman–Crippen LogP) is -1.59. The van der Waals surface area contributed by atoms with Crippen LogP contribution in [0.1, 0.15) is 5.82 Å². The van der Waals surface area contributed by atoms with E-state index in [-0.39, 0.29) is 24.5 Å². The lowest BCUT2D eigenvalue weighted by atomic mass is 10.2. The average molecular weight is 268 g/mol. The zero-order chi connectivity index (χ0) is 13.8. The molecular formula is C10H16N6O3. The van der Waals surface area contributed by atoms with Crippen LogP contribution < -0.4 is 11.5 Å². The van der Waals surface area contributed by atoms with Crippen molar-refractivity contribution in [3.05, 3.63) is 5.82 Å². The lowest BCUT2D eigenvalue weighted by Crippen LogP contribution is -2.50. The fourth-order valence-electron chi connectivity index (χ4n) is 1.89. The Morgan fingerprint density at radius 3 is 2.74 bits per heavy atom. The van der Waals surface area contributed by atoms with Gasteiger partial charge in [-0.15, -0.1) is 0 Å². The van der Waals surface area contributed by atoms with Crippen molar-refractivity contribution in [3.8, 4) is 0 Å². The van der Waals surface area contributed by atoms with E-state index in [9.17, 15) is 4.79 Å². The van der Waals surface area contributed by atoms with E-state index in [1.807, 2.05) is 4.90 Å². The van der Waals surface area contributed by atoms with Gasteiger partial charge in [-0.1, -0.05) is 0 Å². The van der Waals surface area contributed by atoms with Gasteiger partial charge < -0.3 is 20.9 Å². The van der Waals surface area contributed by atoms with Gasteiger partial charge in [-0.25, -0.2) is 0 Å². The number of nitrogens with zero attached hydrogens (tertiary/aromatic N) is 4. The van der Waals surface area contributed by atoms with Crippen LogP contribution in [0.15, 0.2) is 0 Å². The standard InChI is InChI=1S/C10H16N6O3/c1-18-8(17)6-5-19-3-2-16(6)4-7-13-9(11)15-10(12)14-7/h6H,2-5H2,1H3,(H4,11,12,13,14,15). The predicted molar refractivity (Wildman–Crippen MR) is 65.7 cm³/mol. The normalized spacial score (nSPS) is 20.2. The van der Waals surface area contributed by atoms with Crippen LogP contribution in [0.25, 0.3) is 0 Å². The number of morpholine rings is 1. The Kier molecular flexibility index (Phi) is 4.07. The molecule has 0 aliphatic carbocycles. The third kappa shape index (κ3) is 3.26. The van der Waals surface area contributed by atoms with E-state index >= 15 is 0 Å². The summed E-state index contributed by atoms with van der Waals surface area (Å²) in [5.74, 6) is 0.186. The zero-order valence-electron chi connectivity index (χ0n) is 10.6. The summed E-state index contributed by atoms with van der Waals surface area (Å²) in [5.41, 5.74) is 11.0. The number of carbonyl (C=O) groups is 1. The van der Waals surface area contributed by atoms with Gasteiger partial charge in [0.05, 0.1) is 26.9 Å². The molecule has 9 heteroatoms. The second kappa shape index (κ2) is 5.76. The van der Waals surface area contributed by atoms with Gasteiger partial charge in [0.25, 0.3) is 0 Å². The second-order valence-electron chi connectivity index (χ2n) is 4.05. The number of hydrogen-bond donors (Lipinski definition) is 2. The molecule has 0 aromatic carbocycles. The van der Waals surface area contributed by atoms with Crippen LogP contribution in [0, 0.1) is 0 Å². The molecule has 1 saturated heterocycles. The van der Waals surface area contributed by atoms with Crippen molar-refractivity contribution in [1.29, 1.82) is 0 Å². The highest BCUT2D eigenvalue weighted by Gasteiger charge is 2.30. The van der Waals surface area contributed by atoms with Crippen molar-refractivity contribution in [3.63, 3.8) is 0 Å². The number of rotatable bonds is 3. The van der Waals surface area contributed by atoms with Crippen LogP contribution in [-0.4, -0.2) is 58.7 Å². The van der Waals surface area contributed by atoms with Gasteiger partial charge >= 0.3 is 5.97 Å². The minimum atomic E-state index is -0.474. The molecule has 19 heavy (non-hydrogen) atoms. The minimum absolute atomic E-state index is 0.0605. The summed E-state index contributed by atoms with van der Waals surface area (Å²) in [5, 5.41) is 0. The first-order valence-corrected chi connectivity index (χ1v) is 5.75. The summed E-state index contributed by atoms with van der Waals surface area (Å²) < 4.78 is 10.0. The van der Waals surface area contributed by atoms with Crippen LogP contribution in [0.4, 0.5) is 11.9 Å². The number of esters is 1. The van der Waals surface area contributed by atoms with Crippen molar-refractivity contribution in [1.82, 2.24) is 19.9 Å². The van der Waals surface area contributed by atoms with Crippen LogP contribution in [0.5, 0.6) is 0 Å². The van der Waals surface area contributed by atoms with E-state index in [2.05, 4.69) is 15.0 Å². The van der Waals surface area contributed by atoms with Gasteiger partial charge in [0.1, 0.15) is 11.9 Å². The smallest absolute Gasteiger partial charge is 0.325 e. The number of hydrogen-bond acceptors (Lipinski definition) is 9. The molecule has 0 saturated carbocycles. The lowest BCUT2D eigenvalue weighted by molar-refractivity contribution is -0.153. The van der Waals surface area contributed by atoms with E-state index in [0.29, 0.717) is 25.5 Å². The van der Waals surface area contributed by atoms with E-state index in [0.717, 1.165) is 0 Å². The Hall–Kier alpha value is -2.00. The van der Waals surface area contributed by atoms with Gasteiger partial charge in [0.15, 0.2) is 0 Å². The first-order chi connectivity index (χ1) is 9.10. The molecule has 1 aliphatic rings. The fourth-order valence-corrected chi connectivity index (χ4v) is 1.89. The molecule has 0 amide bonds. The van der Waals surface area contributed by atoms with Gasteiger partial charge in [-0.2, -0.15) is 15.0 Å². The SMILES string of the molecule is COC(=O)C1COCCN1Cc1nc(N)nc(N)n1. The maximum absolute atomic E-state index is 11.7. The molecule has 9 nitrogen and oxygen atoms in total. The molecule has 0 radical (unpaired) electrons. The van der Waals surface area contributed by atoms with Gasteiger partial charge in [-0.05, 0) is 0 Å². The topological polar surface area (TPSA) is 129 Å². The molecule has 1 aromatic heterocycles. The number of methoxy groups -OCH3 is 1. The highest BCUT2D eigenvalue weighted by atomic mass is 16.5. The maximum atomic E-state index is 11.7. The van der Waals surface area contributed by atoms with Gasteiger partial charge in [-0.3, -0.25) is 9.69 Å². The molecule has 1 atom stereocenters. The summed E-state index contributed by atoms with van der Waals surface area (Å²) in [4.78, 5) is 25.2. The molecule has 0 spiro atoms. The lowest BCUT2D eigenvalue weighted by Gasteiger charge is -2.32. The monoisotopic (exact) mass is 268 g/mol. The maximum Gasteiger partial charge on any atom is 0.325 e. The highest BCUT2D eigenvalue weighted by molar-refractivity contribution is 5.75. The molecule has 0 bridgehead atoms. The van der Waals surface area contributed by atoms with Crippen LogP contribution >= 0.6 is 0 Å². The van der Waals surface area contributed by atoms with Crippen LogP contribution in [0.3, 0.4) is 0 Å². The Labute approximate surface area is 109 Å². The van der Waals surface area contributed by atoms with Crippen molar-refractivity contribution in [2.24, 2.45) is 0 Å². The molecule has 2 heterocycles. The molecule has 2 rings (SSSR count). The van der Waals surface area contributed by atoms with Crippen molar-refractivity contribution >= 4 is 17.9 Å². The van der Waals surface area contributed by atoms with Crippen molar-refractivity contribution in [2.75, 3.05) is 38.3 Å². The summed E-state index contributed by atoms with van der Waals surface area (Å²) in [6, 6.07) is -0.474. The molecule has 1 unspecified atom stereocenters. The number of nitrogens with two attached hydrogens (primary N) is 2. The molecule has 104 valence electrons. The Morgan fingerprint density at radius 1 is 1.42 bits per heavy atom.